The summed E-state index contributed by atoms with van der Waals surface area (Å²) in [5.41, 5.74) is 9.04. The maximum absolute atomic E-state index is 13.6. The van der Waals surface area contributed by atoms with Crippen LogP contribution in [0.2, 0.25) is 0 Å². The molecule has 0 saturated heterocycles. The van der Waals surface area contributed by atoms with Crippen LogP contribution in [0.15, 0.2) is 30.6 Å². The molecule has 1 fully saturated rings. The van der Waals surface area contributed by atoms with E-state index >= 15 is 0 Å². The van der Waals surface area contributed by atoms with Gasteiger partial charge in [0.15, 0.2) is 0 Å². The van der Waals surface area contributed by atoms with Crippen LogP contribution in [0.5, 0.6) is 0 Å². The molecule has 224 valence electrons. The average Bonchev–Trinajstić information content (AvgIpc) is 3.30. The Morgan fingerprint density at radius 2 is 1.61 bits per heavy atom. The van der Waals surface area contributed by atoms with Crippen LogP contribution >= 0.6 is 0 Å². The van der Waals surface area contributed by atoms with Gasteiger partial charge in [-0.2, -0.15) is 0 Å². The highest BCUT2D eigenvalue weighted by Gasteiger charge is 2.40. The van der Waals surface area contributed by atoms with Crippen molar-refractivity contribution < 1.29 is 14.4 Å². The first-order chi connectivity index (χ1) is 19.2. The average molecular weight is 565 g/mol. The van der Waals surface area contributed by atoms with Crippen molar-refractivity contribution in [1.82, 2.24) is 25.1 Å². The maximum atomic E-state index is 13.6. The van der Waals surface area contributed by atoms with Gasteiger partial charge in [0.2, 0.25) is 11.8 Å². The summed E-state index contributed by atoms with van der Waals surface area (Å²) in [5.74, 6) is 0.531. The number of rotatable bonds is 7. The number of urea groups is 1. The number of nitrogens with zero attached hydrogens (tertiary/aromatic N) is 3. The van der Waals surface area contributed by atoms with Gasteiger partial charge in [-0.15, -0.1) is 0 Å². The number of benzene rings is 1. The van der Waals surface area contributed by atoms with Crippen molar-refractivity contribution in [3.8, 4) is 0 Å². The second-order valence-electron chi connectivity index (χ2n) is 14.0. The lowest BCUT2D eigenvalue weighted by atomic mass is 9.81. The van der Waals surface area contributed by atoms with Crippen LogP contribution in [0.3, 0.4) is 0 Å². The van der Waals surface area contributed by atoms with Gasteiger partial charge in [0.25, 0.3) is 0 Å². The molecular weight excluding hydrogens is 516 g/mol. The molecule has 2 aliphatic rings. The number of primary amides is 1. The fourth-order valence-corrected chi connectivity index (χ4v) is 6.07. The molecule has 2 aromatic rings. The van der Waals surface area contributed by atoms with Gasteiger partial charge < -0.3 is 25.8 Å². The number of amides is 4. The van der Waals surface area contributed by atoms with Crippen LogP contribution in [0.25, 0.3) is 0 Å². The highest BCUT2D eigenvalue weighted by molar-refractivity contribution is 5.90. The lowest BCUT2D eigenvalue weighted by Crippen LogP contribution is -2.55. The summed E-state index contributed by atoms with van der Waals surface area (Å²) >= 11 is 0. The smallest absolute Gasteiger partial charge is 0.312 e. The Morgan fingerprint density at radius 1 is 0.976 bits per heavy atom. The van der Waals surface area contributed by atoms with Crippen LogP contribution in [0, 0.1) is 17.3 Å². The molecule has 0 spiro atoms. The minimum absolute atomic E-state index is 0.0409. The lowest BCUT2D eigenvalue weighted by molar-refractivity contribution is -0.148. The summed E-state index contributed by atoms with van der Waals surface area (Å²) < 4.78 is 2.11. The minimum atomic E-state index is -0.617. The Hall–Kier alpha value is -3.36. The van der Waals surface area contributed by atoms with Crippen molar-refractivity contribution in [2.45, 2.75) is 98.2 Å². The topological polar surface area (TPSA) is 122 Å². The molecule has 1 aliphatic heterocycles. The number of hydrogen-bond donors (Lipinski definition) is 3. The van der Waals surface area contributed by atoms with Crippen LogP contribution in [-0.4, -0.2) is 51.4 Å². The van der Waals surface area contributed by atoms with E-state index in [0.717, 1.165) is 37.1 Å². The fourth-order valence-electron chi connectivity index (χ4n) is 6.07. The van der Waals surface area contributed by atoms with Crippen molar-refractivity contribution in [1.29, 1.82) is 0 Å². The number of imidazole rings is 1. The summed E-state index contributed by atoms with van der Waals surface area (Å²) in [6.45, 7) is 14.5. The highest BCUT2D eigenvalue weighted by Crippen LogP contribution is 2.31. The molecule has 1 aromatic carbocycles. The first-order valence-corrected chi connectivity index (χ1v) is 15.0. The van der Waals surface area contributed by atoms with Gasteiger partial charge in [-0.25, -0.2) is 9.78 Å². The highest BCUT2D eigenvalue weighted by atomic mass is 16.2. The van der Waals surface area contributed by atoms with Crippen LogP contribution in [-0.2, 0) is 34.5 Å². The van der Waals surface area contributed by atoms with Crippen molar-refractivity contribution >= 4 is 17.8 Å². The van der Waals surface area contributed by atoms with Crippen LogP contribution in [0.1, 0.15) is 89.7 Å². The van der Waals surface area contributed by atoms with Gasteiger partial charge in [-0.05, 0) is 47.6 Å². The second-order valence-corrected chi connectivity index (χ2v) is 14.0. The number of carbonyl (C=O) groups excluding carboxylic acids is 3. The molecule has 4 amide bonds. The van der Waals surface area contributed by atoms with E-state index in [0.29, 0.717) is 44.4 Å². The summed E-state index contributed by atoms with van der Waals surface area (Å²) in [5, 5.41) is 5.88. The van der Waals surface area contributed by atoms with Gasteiger partial charge in [0, 0.05) is 31.5 Å². The third-order valence-corrected chi connectivity index (χ3v) is 8.52. The Kier molecular flexibility index (Phi) is 9.14. The molecule has 9 nitrogen and oxygen atoms in total. The molecule has 4 N–H and O–H groups in total. The largest absolute Gasteiger partial charge is 0.354 e. The Bertz CT molecular complexity index is 1240. The molecule has 1 aromatic heterocycles. The molecule has 4 rings (SSSR count). The van der Waals surface area contributed by atoms with Crippen LogP contribution < -0.4 is 16.4 Å². The van der Waals surface area contributed by atoms with E-state index in [4.69, 9.17) is 10.7 Å². The van der Waals surface area contributed by atoms with Crippen molar-refractivity contribution in [2.75, 3.05) is 13.1 Å². The third kappa shape index (κ3) is 7.68. The number of nitrogens with one attached hydrogen (secondary N) is 2. The Morgan fingerprint density at radius 3 is 2.20 bits per heavy atom. The first-order valence-electron chi connectivity index (χ1n) is 15.0. The lowest BCUT2D eigenvalue weighted by Gasteiger charge is -2.38. The number of carbonyl (C=O) groups is 3. The summed E-state index contributed by atoms with van der Waals surface area (Å²) in [6.07, 6.45) is 6.31. The van der Waals surface area contributed by atoms with E-state index in [-0.39, 0.29) is 17.2 Å². The van der Waals surface area contributed by atoms with Gasteiger partial charge in [-0.1, -0.05) is 72.2 Å². The first kappa shape index (κ1) is 30.6. The second kappa shape index (κ2) is 12.2. The SMILES string of the molecule is CC(C)(C)C(=O)N1Cc2c(ncn2Cc2ccc(C(C)(C)C)cc2)CC1C(=O)NCC1CCCC(CNC(N)=O)C1. The number of fused-ring (bicyclic) bond motifs is 1. The van der Waals surface area contributed by atoms with Crippen molar-refractivity contribution in [3.05, 3.63) is 53.1 Å². The van der Waals surface area contributed by atoms with Gasteiger partial charge >= 0.3 is 6.03 Å². The monoisotopic (exact) mass is 564 g/mol. The predicted molar refractivity (Wildman–Crippen MR) is 160 cm³/mol. The molecule has 3 unspecified atom stereocenters. The van der Waals surface area contributed by atoms with E-state index in [9.17, 15) is 14.4 Å². The van der Waals surface area contributed by atoms with E-state index in [2.05, 4.69) is 60.2 Å². The van der Waals surface area contributed by atoms with E-state index in [1.54, 1.807) is 4.90 Å². The van der Waals surface area contributed by atoms with Crippen LogP contribution in [0.4, 0.5) is 4.79 Å². The fraction of sp³-hybridized carbons (Fsp3) is 0.625. The molecule has 41 heavy (non-hydrogen) atoms. The zero-order chi connectivity index (χ0) is 29.9. The molecule has 0 bridgehead atoms. The molecule has 3 atom stereocenters. The summed E-state index contributed by atoms with van der Waals surface area (Å²) in [7, 11) is 0. The zero-order valence-electron chi connectivity index (χ0n) is 25.6. The number of nitrogens with two attached hydrogens (primary N) is 1. The molecule has 9 heteroatoms. The zero-order valence-corrected chi connectivity index (χ0v) is 25.6. The predicted octanol–water partition coefficient (Wildman–Crippen LogP) is 4.12. The molecular formula is C32H48N6O3. The van der Waals surface area contributed by atoms with Gasteiger partial charge in [0.1, 0.15) is 6.04 Å². The van der Waals surface area contributed by atoms with E-state index < -0.39 is 17.5 Å². The van der Waals surface area contributed by atoms with E-state index in [1.807, 2.05) is 27.1 Å². The summed E-state index contributed by atoms with van der Waals surface area (Å²) in [6, 6.07) is 7.57. The molecule has 0 radical (unpaired) electrons. The normalized spacial score (nSPS) is 21.2. The maximum Gasteiger partial charge on any atom is 0.312 e. The quantitative estimate of drug-likeness (QED) is 0.468. The minimum Gasteiger partial charge on any atom is -0.354 e. The standard InChI is InChI=1S/C32H48N6O3/c1-31(2,3)24-12-10-21(11-13-24)18-37-20-36-25-15-26(38(19-27(25)37)29(40)32(4,5)6)28(39)34-16-22-8-7-9-23(14-22)17-35-30(33)41/h10-13,20,22-23,26H,7-9,14-19H2,1-6H3,(H,34,39)(H3,33,35,41). The Balaban J connectivity index is 1.46. The van der Waals surface area contributed by atoms with Gasteiger partial charge in [-0.3, -0.25) is 9.59 Å². The molecule has 2 heterocycles. The van der Waals surface area contributed by atoms with Crippen molar-refractivity contribution in [3.63, 3.8) is 0 Å². The molecule has 1 saturated carbocycles. The summed E-state index contributed by atoms with van der Waals surface area (Å²) in [4.78, 5) is 44.8. The number of hydrogen-bond acceptors (Lipinski definition) is 4. The Labute approximate surface area is 244 Å². The number of aromatic nitrogens is 2. The van der Waals surface area contributed by atoms with Gasteiger partial charge in [0.05, 0.1) is 24.3 Å². The van der Waals surface area contributed by atoms with E-state index in [1.165, 1.54) is 11.1 Å². The third-order valence-electron chi connectivity index (χ3n) is 8.52. The van der Waals surface area contributed by atoms with Crippen molar-refractivity contribution in [2.24, 2.45) is 23.0 Å². The molecule has 1 aliphatic carbocycles.